The van der Waals surface area contributed by atoms with E-state index >= 15 is 0 Å². The summed E-state index contributed by atoms with van der Waals surface area (Å²) in [4.78, 5) is 21.0. The Morgan fingerprint density at radius 1 is 1.73 bits per heavy atom. The Morgan fingerprint density at radius 2 is 2.27 bits per heavy atom. The van der Waals surface area contributed by atoms with Gasteiger partial charge in [0.15, 0.2) is 5.60 Å². The summed E-state index contributed by atoms with van der Waals surface area (Å²) in [5, 5.41) is 8.52. The number of rotatable bonds is 3. The average molecular weight is 160 g/mol. The molecule has 0 radical (unpaired) electrons. The number of hydrogen-bond acceptors (Lipinski definition) is 4. The number of carbonyl (C=O) groups is 2. The van der Waals surface area contributed by atoms with E-state index in [0.29, 0.717) is 0 Å². The molecule has 0 unspecified atom stereocenters. The zero-order valence-corrected chi connectivity index (χ0v) is 5.99. The minimum Gasteiger partial charge on any atom is -0.479 e. The summed E-state index contributed by atoms with van der Waals surface area (Å²) in [6.07, 6.45) is -0.209. The number of carboxylic acids is 1. The first-order valence-corrected chi connectivity index (χ1v) is 3.05. The molecular formula is C6H8O5. The van der Waals surface area contributed by atoms with Crippen LogP contribution in [0.25, 0.3) is 0 Å². The number of carboxylic acid groups (broad SMARTS) is 1. The molecule has 1 saturated heterocycles. The number of methoxy groups -OCH3 is 1. The Hall–Kier alpha value is -1.10. The molecule has 1 fully saturated rings. The summed E-state index contributed by atoms with van der Waals surface area (Å²) in [5.74, 6) is -1.67. The maximum absolute atomic E-state index is 10.6. The number of epoxide rings is 1. The molecule has 0 aromatic heterocycles. The molecule has 1 N–H and O–H groups in total. The Kier molecular flexibility index (Phi) is 1.82. The van der Waals surface area contributed by atoms with E-state index in [2.05, 4.69) is 9.47 Å². The highest BCUT2D eigenvalue weighted by Gasteiger charge is 2.54. The molecule has 1 aliphatic heterocycles. The Morgan fingerprint density at radius 3 is 2.55 bits per heavy atom. The Labute approximate surface area is 62.9 Å². The van der Waals surface area contributed by atoms with Gasteiger partial charge in [0, 0.05) is 0 Å². The summed E-state index contributed by atoms with van der Waals surface area (Å²) in [6, 6.07) is 0. The number of hydrogen-bond donors (Lipinski definition) is 1. The number of carbonyl (C=O) groups excluding carboxylic acids is 1. The van der Waals surface area contributed by atoms with Gasteiger partial charge in [-0.25, -0.2) is 4.79 Å². The van der Waals surface area contributed by atoms with Crippen LogP contribution in [0.3, 0.4) is 0 Å². The predicted octanol–water partition coefficient (Wildman–Crippen LogP) is -0.597. The van der Waals surface area contributed by atoms with Crippen molar-refractivity contribution in [3.8, 4) is 0 Å². The smallest absolute Gasteiger partial charge is 0.339 e. The molecule has 5 heteroatoms. The van der Waals surface area contributed by atoms with Crippen LogP contribution < -0.4 is 0 Å². The van der Waals surface area contributed by atoms with Crippen LogP contribution >= 0.6 is 0 Å². The van der Waals surface area contributed by atoms with Gasteiger partial charge < -0.3 is 14.6 Å². The fourth-order valence-corrected chi connectivity index (χ4v) is 0.694. The van der Waals surface area contributed by atoms with Crippen molar-refractivity contribution in [2.45, 2.75) is 12.0 Å². The van der Waals surface area contributed by atoms with Crippen molar-refractivity contribution in [3.63, 3.8) is 0 Å². The molecule has 5 nitrogen and oxygen atoms in total. The third kappa shape index (κ3) is 1.48. The largest absolute Gasteiger partial charge is 0.479 e. The number of esters is 1. The third-order valence-corrected chi connectivity index (χ3v) is 1.54. The predicted molar refractivity (Wildman–Crippen MR) is 33.0 cm³/mol. The second-order valence-electron chi connectivity index (χ2n) is 2.34. The quantitative estimate of drug-likeness (QED) is 0.440. The van der Waals surface area contributed by atoms with Gasteiger partial charge in [-0.05, 0) is 0 Å². The lowest BCUT2D eigenvalue weighted by Gasteiger charge is -2.02. The van der Waals surface area contributed by atoms with E-state index in [-0.39, 0.29) is 13.0 Å². The van der Waals surface area contributed by atoms with Crippen molar-refractivity contribution in [2.75, 3.05) is 13.7 Å². The molecule has 11 heavy (non-hydrogen) atoms. The van der Waals surface area contributed by atoms with E-state index in [1.807, 2.05) is 0 Å². The monoisotopic (exact) mass is 160 g/mol. The van der Waals surface area contributed by atoms with E-state index in [0.717, 1.165) is 0 Å². The normalized spacial score (nSPS) is 27.7. The van der Waals surface area contributed by atoms with Crippen LogP contribution in [0.15, 0.2) is 0 Å². The zero-order chi connectivity index (χ0) is 8.48. The minimum atomic E-state index is -1.28. The van der Waals surface area contributed by atoms with E-state index in [9.17, 15) is 9.59 Å². The second-order valence-corrected chi connectivity index (χ2v) is 2.34. The van der Waals surface area contributed by atoms with Gasteiger partial charge in [0.1, 0.15) is 0 Å². The van der Waals surface area contributed by atoms with Gasteiger partial charge in [-0.15, -0.1) is 0 Å². The average Bonchev–Trinajstić information content (AvgIpc) is 2.69. The number of ether oxygens (including phenoxy) is 2. The van der Waals surface area contributed by atoms with Gasteiger partial charge in [0.25, 0.3) is 0 Å². The van der Waals surface area contributed by atoms with Crippen molar-refractivity contribution in [1.82, 2.24) is 0 Å². The fraction of sp³-hybridized carbons (Fsp3) is 0.667. The molecule has 1 heterocycles. The van der Waals surface area contributed by atoms with Crippen molar-refractivity contribution < 1.29 is 24.2 Å². The van der Waals surface area contributed by atoms with E-state index < -0.39 is 17.5 Å². The molecule has 0 saturated carbocycles. The molecule has 1 rings (SSSR count). The Balaban J connectivity index is 2.48. The number of aliphatic carboxylic acids is 1. The lowest BCUT2D eigenvalue weighted by molar-refractivity contribution is -0.151. The summed E-state index contributed by atoms with van der Waals surface area (Å²) >= 11 is 0. The SMILES string of the molecule is COC(=O)C[C@@]1(C(=O)O)CO1. The molecular weight excluding hydrogens is 152 g/mol. The summed E-state index contributed by atoms with van der Waals surface area (Å²) in [6.45, 7) is 0.0947. The summed E-state index contributed by atoms with van der Waals surface area (Å²) in [5.41, 5.74) is -1.28. The van der Waals surface area contributed by atoms with Crippen molar-refractivity contribution >= 4 is 11.9 Å². The van der Waals surface area contributed by atoms with Crippen LogP contribution in [0.2, 0.25) is 0 Å². The fourth-order valence-electron chi connectivity index (χ4n) is 0.694. The van der Waals surface area contributed by atoms with E-state index in [4.69, 9.17) is 5.11 Å². The maximum atomic E-state index is 10.6. The highest BCUT2D eigenvalue weighted by Crippen LogP contribution is 2.31. The van der Waals surface area contributed by atoms with Crippen LogP contribution in [-0.2, 0) is 19.1 Å². The van der Waals surface area contributed by atoms with Gasteiger partial charge in [-0.3, -0.25) is 4.79 Å². The first-order valence-electron chi connectivity index (χ1n) is 3.05. The van der Waals surface area contributed by atoms with Gasteiger partial charge in [-0.2, -0.15) is 0 Å². The molecule has 0 aromatic rings. The van der Waals surface area contributed by atoms with Crippen molar-refractivity contribution in [3.05, 3.63) is 0 Å². The maximum Gasteiger partial charge on any atom is 0.339 e. The van der Waals surface area contributed by atoms with Crippen LogP contribution in [0.5, 0.6) is 0 Å². The van der Waals surface area contributed by atoms with Crippen LogP contribution in [-0.4, -0.2) is 36.4 Å². The lowest BCUT2D eigenvalue weighted by atomic mass is 10.1. The first kappa shape index (κ1) is 8.00. The van der Waals surface area contributed by atoms with Crippen molar-refractivity contribution in [1.29, 1.82) is 0 Å². The summed E-state index contributed by atoms with van der Waals surface area (Å²) < 4.78 is 8.92. The van der Waals surface area contributed by atoms with Gasteiger partial charge in [0.05, 0.1) is 20.1 Å². The highest BCUT2D eigenvalue weighted by molar-refractivity contribution is 5.86. The third-order valence-electron chi connectivity index (χ3n) is 1.54. The topological polar surface area (TPSA) is 76.1 Å². The molecule has 1 atom stereocenters. The molecule has 0 spiro atoms. The molecule has 0 amide bonds. The van der Waals surface area contributed by atoms with Crippen molar-refractivity contribution in [2.24, 2.45) is 0 Å². The van der Waals surface area contributed by atoms with Crippen LogP contribution in [0, 0.1) is 0 Å². The first-order chi connectivity index (χ1) is 5.10. The molecule has 0 aromatic carbocycles. The van der Waals surface area contributed by atoms with E-state index in [1.54, 1.807) is 0 Å². The Bertz CT molecular complexity index is 193. The van der Waals surface area contributed by atoms with E-state index in [1.165, 1.54) is 7.11 Å². The minimum absolute atomic E-state index is 0.0947. The van der Waals surface area contributed by atoms with Crippen LogP contribution in [0.1, 0.15) is 6.42 Å². The second kappa shape index (κ2) is 2.50. The highest BCUT2D eigenvalue weighted by atomic mass is 16.6. The molecule has 0 aliphatic carbocycles. The van der Waals surface area contributed by atoms with Crippen LogP contribution in [0.4, 0.5) is 0 Å². The van der Waals surface area contributed by atoms with Gasteiger partial charge in [0.2, 0.25) is 0 Å². The molecule has 62 valence electrons. The lowest BCUT2D eigenvalue weighted by Crippen LogP contribution is -2.27. The zero-order valence-electron chi connectivity index (χ0n) is 5.99. The molecule has 0 bridgehead atoms. The van der Waals surface area contributed by atoms with Gasteiger partial charge in [-0.1, -0.05) is 0 Å². The molecule has 1 aliphatic rings. The summed E-state index contributed by atoms with van der Waals surface area (Å²) in [7, 11) is 1.21. The standard InChI is InChI=1S/C6H8O5/c1-10-4(7)2-6(3-11-6)5(8)9/h2-3H2,1H3,(H,8,9)/t6-/m0/s1. The van der Waals surface area contributed by atoms with Gasteiger partial charge >= 0.3 is 11.9 Å².